The van der Waals surface area contributed by atoms with Crippen molar-refractivity contribution in [3.05, 3.63) is 54.6 Å². The molecule has 4 heteroatoms. The Morgan fingerprint density at radius 3 is 2.50 bits per heavy atom. The molecule has 96 valence electrons. The molecule has 20 heavy (non-hydrogen) atoms. The molecule has 0 amide bonds. The molecule has 0 radical (unpaired) electrons. The number of anilines is 1. The molecule has 0 unspecified atom stereocenters. The Morgan fingerprint density at radius 2 is 1.70 bits per heavy atom. The lowest BCUT2D eigenvalue weighted by molar-refractivity contribution is 1.19. The summed E-state index contributed by atoms with van der Waals surface area (Å²) in [6, 6.07) is 19.6. The number of hydrogen-bond donors (Lipinski definition) is 1. The SMILES string of the molecule is N#CCNc1nc(-c2ccccc2)nc2ccccc12. The Balaban J connectivity index is 2.17. The standard InChI is InChI=1S/C16H12N4/c17-10-11-18-16-13-8-4-5-9-14(13)19-15(20-16)12-6-2-1-3-7-12/h1-9H,11H2,(H,18,19,20). The summed E-state index contributed by atoms with van der Waals surface area (Å²) < 4.78 is 0. The molecule has 0 bridgehead atoms. The topological polar surface area (TPSA) is 61.6 Å². The molecule has 1 heterocycles. The summed E-state index contributed by atoms with van der Waals surface area (Å²) >= 11 is 0. The normalized spacial score (nSPS) is 10.2. The summed E-state index contributed by atoms with van der Waals surface area (Å²) in [5.41, 5.74) is 1.82. The quantitative estimate of drug-likeness (QED) is 0.734. The molecule has 0 saturated heterocycles. The van der Waals surface area contributed by atoms with E-state index >= 15 is 0 Å². The highest BCUT2D eigenvalue weighted by Gasteiger charge is 2.08. The van der Waals surface area contributed by atoms with E-state index in [1.54, 1.807) is 0 Å². The van der Waals surface area contributed by atoms with Gasteiger partial charge in [0.1, 0.15) is 12.4 Å². The molecule has 2 aromatic carbocycles. The van der Waals surface area contributed by atoms with Crippen LogP contribution in [0.15, 0.2) is 54.6 Å². The minimum Gasteiger partial charge on any atom is -0.356 e. The number of hydrogen-bond acceptors (Lipinski definition) is 4. The Kier molecular flexibility index (Phi) is 3.25. The van der Waals surface area contributed by atoms with E-state index < -0.39 is 0 Å². The number of para-hydroxylation sites is 1. The fourth-order valence-corrected chi connectivity index (χ4v) is 2.05. The highest BCUT2D eigenvalue weighted by atomic mass is 15.0. The smallest absolute Gasteiger partial charge is 0.162 e. The van der Waals surface area contributed by atoms with Crippen LogP contribution in [0, 0.1) is 11.3 Å². The average molecular weight is 260 g/mol. The van der Waals surface area contributed by atoms with Gasteiger partial charge in [-0.3, -0.25) is 0 Å². The van der Waals surface area contributed by atoms with E-state index in [0.717, 1.165) is 16.5 Å². The second-order valence-electron chi connectivity index (χ2n) is 4.29. The molecule has 0 aliphatic carbocycles. The number of rotatable bonds is 3. The number of nitrogens with zero attached hydrogens (tertiary/aromatic N) is 3. The predicted molar refractivity (Wildman–Crippen MR) is 79.1 cm³/mol. The van der Waals surface area contributed by atoms with Gasteiger partial charge in [0.05, 0.1) is 11.6 Å². The van der Waals surface area contributed by atoms with Crippen LogP contribution in [-0.4, -0.2) is 16.5 Å². The fraction of sp³-hybridized carbons (Fsp3) is 0.0625. The van der Waals surface area contributed by atoms with E-state index in [1.807, 2.05) is 54.6 Å². The second kappa shape index (κ2) is 5.37. The minimum atomic E-state index is 0.217. The van der Waals surface area contributed by atoms with Gasteiger partial charge in [-0.1, -0.05) is 42.5 Å². The Hall–Kier alpha value is -2.93. The van der Waals surface area contributed by atoms with Gasteiger partial charge in [-0.05, 0) is 12.1 Å². The number of nitriles is 1. The maximum absolute atomic E-state index is 8.73. The third-order valence-corrected chi connectivity index (χ3v) is 2.97. The van der Waals surface area contributed by atoms with E-state index in [4.69, 9.17) is 5.26 Å². The summed E-state index contributed by atoms with van der Waals surface area (Å²) in [5, 5.41) is 12.7. The van der Waals surface area contributed by atoms with Gasteiger partial charge in [0.25, 0.3) is 0 Å². The van der Waals surface area contributed by atoms with Gasteiger partial charge in [0, 0.05) is 10.9 Å². The molecule has 0 fully saturated rings. The predicted octanol–water partition coefficient (Wildman–Crippen LogP) is 3.23. The Bertz CT molecular complexity index is 775. The maximum Gasteiger partial charge on any atom is 0.162 e. The summed E-state index contributed by atoms with van der Waals surface area (Å²) in [6.07, 6.45) is 0. The first-order valence-electron chi connectivity index (χ1n) is 6.31. The summed E-state index contributed by atoms with van der Waals surface area (Å²) in [7, 11) is 0. The molecule has 0 spiro atoms. The largest absolute Gasteiger partial charge is 0.356 e. The van der Waals surface area contributed by atoms with Gasteiger partial charge in [-0.15, -0.1) is 0 Å². The first-order chi connectivity index (χ1) is 9.88. The fourth-order valence-electron chi connectivity index (χ4n) is 2.05. The van der Waals surface area contributed by atoms with Crippen LogP contribution >= 0.6 is 0 Å². The van der Waals surface area contributed by atoms with Crippen molar-refractivity contribution in [3.63, 3.8) is 0 Å². The lowest BCUT2D eigenvalue weighted by Crippen LogP contribution is -2.03. The Morgan fingerprint density at radius 1 is 0.950 bits per heavy atom. The molecule has 0 saturated carbocycles. The van der Waals surface area contributed by atoms with Gasteiger partial charge >= 0.3 is 0 Å². The van der Waals surface area contributed by atoms with Crippen molar-refractivity contribution in [3.8, 4) is 17.5 Å². The molecular formula is C16H12N4. The molecule has 1 N–H and O–H groups in total. The van der Waals surface area contributed by atoms with E-state index in [9.17, 15) is 0 Å². The first kappa shape index (κ1) is 12.1. The van der Waals surface area contributed by atoms with E-state index in [2.05, 4.69) is 21.4 Å². The monoisotopic (exact) mass is 260 g/mol. The molecule has 0 atom stereocenters. The molecule has 3 rings (SSSR count). The van der Waals surface area contributed by atoms with Crippen molar-refractivity contribution in [2.24, 2.45) is 0 Å². The molecular weight excluding hydrogens is 248 g/mol. The van der Waals surface area contributed by atoms with Gasteiger partial charge in [-0.2, -0.15) is 5.26 Å². The highest BCUT2D eigenvalue weighted by Crippen LogP contribution is 2.24. The van der Waals surface area contributed by atoms with Crippen LogP contribution in [-0.2, 0) is 0 Å². The third-order valence-electron chi connectivity index (χ3n) is 2.97. The van der Waals surface area contributed by atoms with Crippen LogP contribution in [0.1, 0.15) is 0 Å². The molecule has 3 aromatic rings. The zero-order chi connectivity index (χ0) is 13.8. The van der Waals surface area contributed by atoms with E-state index in [1.165, 1.54) is 0 Å². The summed E-state index contributed by atoms with van der Waals surface area (Å²) in [6.45, 7) is 0.217. The Labute approximate surface area is 116 Å². The van der Waals surface area contributed by atoms with E-state index in [-0.39, 0.29) is 6.54 Å². The summed E-state index contributed by atoms with van der Waals surface area (Å²) in [4.78, 5) is 9.12. The molecule has 0 aliphatic rings. The van der Waals surface area contributed by atoms with E-state index in [0.29, 0.717) is 11.6 Å². The average Bonchev–Trinajstić information content (AvgIpc) is 2.53. The lowest BCUT2D eigenvalue weighted by Gasteiger charge is -2.08. The van der Waals surface area contributed by atoms with Crippen molar-refractivity contribution >= 4 is 16.7 Å². The van der Waals surface area contributed by atoms with Crippen molar-refractivity contribution in [2.45, 2.75) is 0 Å². The van der Waals surface area contributed by atoms with Gasteiger partial charge in [-0.25, -0.2) is 9.97 Å². The van der Waals surface area contributed by atoms with Crippen LogP contribution in [0.4, 0.5) is 5.82 Å². The van der Waals surface area contributed by atoms with Crippen LogP contribution in [0.3, 0.4) is 0 Å². The van der Waals surface area contributed by atoms with Crippen LogP contribution in [0.25, 0.3) is 22.3 Å². The molecule has 4 nitrogen and oxygen atoms in total. The van der Waals surface area contributed by atoms with Crippen LogP contribution in [0.5, 0.6) is 0 Å². The lowest BCUT2D eigenvalue weighted by atomic mass is 10.2. The zero-order valence-electron chi connectivity index (χ0n) is 10.7. The van der Waals surface area contributed by atoms with Crippen molar-refractivity contribution < 1.29 is 0 Å². The first-order valence-corrected chi connectivity index (χ1v) is 6.31. The third kappa shape index (κ3) is 2.29. The number of nitrogens with one attached hydrogen (secondary N) is 1. The number of fused-ring (bicyclic) bond motifs is 1. The molecule has 1 aromatic heterocycles. The van der Waals surface area contributed by atoms with Crippen molar-refractivity contribution in [1.29, 1.82) is 5.26 Å². The summed E-state index contributed by atoms with van der Waals surface area (Å²) in [5.74, 6) is 1.35. The number of aromatic nitrogens is 2. The van der Waals surface area contributed by atoms with Gasteiger partial charge in [0.2, 0.25) is 0 Å². The van der Waals surface area contributed by atoms with Crippen molar-refractivity contribution in [2.75, 3.05) is 11.9 Å². The second-order valence-corrected chi connectivity index (χ2v) is 4.29. The van der Waals surface area contributed by atoms with Gasteiger partial charge < -0.3 is 5.32 Å². The van der Waals surface area contributed by atoms with Crippen LogP contribution in [0.2, 0.25) is 0 Å². The minimum absolute atomic E-state index is 0.217. The van der Waals surface area contributed by atoms with Gasteiger partial charge in [0.15, 0.2) is 5.82 Å². The van der Waals surface area contributed by atoms with Crippen LogP contribution < -0.4 is 5.32 Å². The highest BCUT2D eigenvalue weighted by molar-refractivity contribution is 5.90. The molecule has 0 aliphatic heterocycles. The maximum atomic E-state index is 8.73. The zero-order valence-corrected chi connectivity index (χ0v) is 10.7. The number of benzene rings is 2. The van der Waals surface area contributed by atoms with Crippen molar-refractivity contribution in [1.82, 2.24) is 9.97 Å².